The summed E-state index contributed by atoms with van der Waals surface area (Å²) in [4.78, 5) is 10.7. The third-order valence-electron chi connectivity index (χ3n) is 1.97. The molecule has 1 aromatic rings. The zero-order valence-electron chi connectivity index (χ0n) is 9.04. The molecule has 0 unspecified atom stereocenters. The molecule has 1 N–H and O–H groups in total. The van der Waals surface area contributed by atoms with Crippen LogP contribution in [0.1, 0.15) is 13.3 Å². The summed E-state index contributed by atoms with van der Waals surface area (Å²) in [6, 6.07) is 4.02. The van der Waals surface area contributed by atoms with Gasteiger partial charge in [-0.25, -0.2) is 13.1 Å². The lowest BCUT2D eigenvalue weighted by atomic mass is 10.3. The standard InChI is InChI=1S/C10H11Cl2NO3S/c1-7(14)4-5-13-17(15,16)8-2-3-9(11)10(12)6-8/h2-3,6,13H,4-5H2,1H3. The molecule has 4 nitrogen and oxygen atoms in total. The molecule has 0 fully saturated rings. The molecule has 0 aromatic heterocycles. The number of halogens is 2. The molecule has 0 amide bonds. The molecular weight excluding hydrogens is 285 g/mol. The van der Waals surface area contributed by atoms with Crippen molar-refractivity contribution < 1.29 is 13.2 Å². The average molecular weight is 296 g/mol. The van der Waals surface area contributed by atoms with Crippen molar-refractivity contribution in [2.24, 2.45) is 0 Å². The smallest absolute Gasteiger partial charge is 0.240 e. The number of benzene rings is 1. The van der Waals surface area contributed by atoms with Crippen LogP contribution in [-0.4, -0.2) is 20.7 Å². The summed E-state index contributed by atoms with van der Waals surface area (Å²) in [5.74, 6) is -0.0816. The number of rotatable bonds is 5. The first-order valence-corrected chi connectivity index (χ1v) is 7.01. The first-order valence-electron chi connectivity index (χ1n) is 4.77. The van der Waals surface area contributed by atoms with E-state index in [4.69, 9.17) is 23.2 Å². The molecule has 0 aliphatic rings. The highest BCUT2D eigenvalue weighted by Crippen LogP contribution is 2.24. The van der Waals surface area contributed by atoms with Crippen molar-refractivity contribution in [3.8, 4) is 0 Å². The Balaban J connectivity index is 2.82. The molecule has 0 saturated heterocycles. The topological polar surface area (TPSA) is 63.2 Å². The Morgan fingerprint density at radius 3 is 2.47 bits per heavy atom. The summed E-state index contributed by atoms with van der Waals surface area (Å²) in [5, 5.41) is 0.454. The highest BCUT2D eigenvalue weighted by atomic mass is 35.5. The van der Waals surface area contributed by atoms with Gasteiger partial charge in [0.25, 0.3) is 0 Å². The minimum Gasteiger partial charge on any atom is -0.300 e. The molecule has 0 spiro atoms. The highest BCUT2D eigenvalue weighted by Gasteiger charge is 2.14. The average Bonchev–Trinajstić information content (AvgIpc) is 2.21. The Morgan fingerprint density at radius 1 is 1.29 bits per heavy atom. The molecular formula is C10H11Cl2NO3S. The first kappa shape index (κ1) is 14.4. The molecule has 0 heterocycles. The van der Waals surface area contributed by atoms with Gasteiger partial charge in [0.15, 0.2) is 0 Å². The van der Waals surface area contributed by atoms with Crippen LogP contribution in [-0.2, 0) is 14.8 Å². The van der Waals surface area contributed by atoms with E-state index in [2.05, 4.69) is 4.72 Å². The number of ketones is 1. The molecule has 17 heavy (non-hydrogen) atoms. The van der Waals surface area contributed by atoms with Gasteiger partial charge < -0.3 is 0 Å². The Bertz CT molecular complexity index is 528. The maximum absolute atomic E-state index is 11.8. The Kier molecular flexibility index (Phi) is 4.94. The number of hydrogen-bond donors (Lipinski definition) is 1. The monoisotopic (exact) mass is 295 g/mol. The largest absolute Gasteiger partial charge is 0.300 e. The first-order chi connectivity index (χ1) is 7.83. The van der Waals surface area contributed by atoms with E-state index >= 15 is 0 Å². The number of sulfonamides is 1. The van der Waals surface area contributed by atoms with E-state index in [0.29, 0.717) is 0 Å². The van der Waals surface area contributed by atoms with Gasteiger partial charge in [0.2, 0.25) is 10.0 Å². The molecule has 0 saturated carbocycles. The summed E-state index contributed by atoms with van der Waals surface area (Å²) >= 11 is 11.4. The number of carbonyl (C=O) groups excluding carboxylic acids is 1. The van der Waals surface area contributed by atoms with Crippen molar-refractivity contribution in [3.05, 3.63) is 28.2 Å². The van der Waals surface area contributed by atoms with Crippen LogP contribution in [0.4, 0.5) is 0 Å². The van der Waals surface area contributed by atoms with Crippen molar-refractivity contribution in [1.82, 2.24) is 4.72 Å². The maximum Gasteiger partial charge on any atom is 0.240 e. The second-order valence-corrected chi connectivity index (χ2v) is 6.01. The SMILES string of the molecule is CC(=O)CCNS(=O)(=O)c1ccc(Cl)c(Cl)c1. The van der Waals surface area contributed by atoms with Crippen LogP contribution < -0.4 is 4.72 Å². The molecule has 0 atom stereocenters. The molecule has 0 bridgehead atoms. The van der Waals surface area contributed by atoms with Gasteiger partial charge in [-0.05, 0) is 25.1 Å². The molecule has 0 radical (unpaired) electrons. The van der Waals surface area contributed by atoms with Crippen LogP contribution in [0, 0.1) is 0 Å². The van der Waals surface area contributed by atoms with Crippen molar-refractivity contribution in [2.75, 3.05) is 6.54 Å². The number of hydrogen-bond acceptors (Lipinski definition) is 3. The van der Waals surface area contributed by atoms with Gasteiger partial charge in [-0.1, -0.05) is 23.2 Å². The van der Waals surface area contributed by atoms with Crippen LogP contribution in [0.5, 0.6) is 0 Å². The van der Waals surface area contributed by atoms with E-state index in [9.17, 15) is 13.2 Å². The Morgan fingerprint density at radius 2 is 1.94 bits per heavy atom. The van der Waals surface area contributed by atoms with Crippen molar-refractivity contribution in [3.63, 3.8) is 0 Å². The second kappa shape index (κ2) is 5.82. The maximum atomic E-state index is 11.8. The van der Waals surface area contributed by atoms with E-state index in [1.54, 1.807) is 0 Å². The number of carbonyl (C=O) groups is 1. The van der Waals surface area contributed by atoms with Gasteiger partial charge in [0.1, 0.15) is 5.78 Å². The van der Waals surface area contributed by atoms with Gasteiger partial charge in [0, 0.05) is 13.0 Å². The summed E-state index contributed by atoms with van der Waals surface area (Å²) in [7, 11) is -3.64. The summed E-state index contributed by atoms with van der Waals surface area (Å²) in [6.07, 6.45) is 0.153. The van der Waals surface area contributed by atoms with E-state index < -0.39 is 10.0 Å². The second-order valence-electron chi connectivity index (χ2n) is 3.43. The zero-order chi connectivity index (χ0) is 13.1. The van der Waals surface area contributed by atoms with Gasteiger partial charge >= 0.3 is 0 Å². The van der Waals surface area contributed by atoms with Gasteiger partial charge in [0.05, 0.1) is 14.9 Å². The Hall–Kier alpha value is -0.620. The lowest BCUT2D eigenvalue weighted by Crippen LogP contribution is -2.25. The predicted octanol–water partition coefficient (Wildman–Crippen LogP) is 2.25. The van der Waals surface area contributed by atoms with E-state index in [-0.39, 0.29) is 33.7 Å². The molecule has 7 heteroatoms. The van der Waals surface area contributed by atoms with Crippen LogP contribution in [0.25, 0.3) is 0 Å². The summed E-state index contributed by atoms with van der Waals surface area (Å²) < 4.78 is 25.8. The lowest BCUT2D eigenvalue weighted by molar-refractivity contribution is -0.116. The lowest BCUT2D eigenvalue weighted by Gasteiger charge is -2.06. The van der Waals surface area contributed by atoms with Crippen molar-refractivity contribution in [2.45, 2.75) is 18.2 Å². The quantitative estimate of drug-likeness (QED) is 0.906. The fraction of sp³-hybridized carbons (Fsp3) is 0.300. The predicted molar refractivity (Wildman–Crippen MR) is 66.9 cm³/mol. The molecule has 94 valence electrons. The van der Waals surface area contributed by atoms with Crippen LogP contribution in [0.3, 0.4) is 0 Å². The fourth-order valence-corrected chi connectivity index (χ4v) is 2.51. The normalized spacial score (nSPS) is 11.5. The third-order valence-corrected chi connectivity index (χ3v) is 4.17. The van der Waals surface area contributed by atoms with Crippen molar-refractivity contribution in [1.29, 1.82) is 0 Å². The molecule has 0 aliphatic heterocycles. The van der Waals surface area contributed by atoms with Gasteiger partial charge in [-0.3, -0.25) is 4.79 Å². The van der Waals surface area contributed by atoms with E-state index in [1.165, 1.54) is 25.1 Å². The number of nitrogens with one attached hydrogen (secondary N) is 1. The third kappa shape index (κ3) is 4.27. The van der Waals surface area contributed by atoms with Gasteiger partial charge in [-0.2, -0.15) is 0 Å². The zero-order valence-corrected chi connectivity index (χ0v) is 11.4. The van der Waals surface area contributed by atoms with E-state index in [0.717, 1.165) is 0 Å². The van der Waals surface area contributed by atoms with E-state index in [1.807, 2.05) is 0 Å². The molecule has 1 rings (SSSR count). The minimum absolute atomic E-state index is 0.0236. The van der Waals surface area contributed by atoms with Crippen LogP contribution >= 0.6 is 23.2 Å². The number of Topliss-reactive ketones (excluding diaryl/α,β-unsaturated/α-hetero) is 1. The minimum atomic E-state index is -3.64. The van der Waals surface area contributed by atoms with Gasteiger partial charge in [-0.15, -0.1) is 0 Å². The molecule has 0 aliphatic carbocycles. The summed E-state index contributed by atoms with van der Waals surface area (Å²) in [5.41, 5.74) is 0. The van der Waals surface area contributed by atoms with Crippen molar-refractivity contribution >= 4 is 39.0 Å². The summed E-state index contributed by atoms with van der Waals surface area (Å²) in [6.45, 7) is 1.46. The fourth-order valence-electron chi connectivity index (χ4n) is 1.09. The van der Waals surface area contributed by atoms with Crippen LogP contribution in [0.15, 0.2) is 23.1 Å². The Labute approximate surface area is 110 Å². The van der Waals surface area contributed by atoms with Crippen LogP contribution in [0.2, 0.25) is 10.0 Å². The highest BCUT2D eigenvalue weighted by molar-refractivity contribution is 7.89. The molecule has 1 aromatic carbocycles.